The minimum Gasteiger partial charge on any atom is -0.332 e. The number of aromatic amines is 1. The molecule has 1 saturated carbocycles. The summed E-state index contributed by atoms with van der Waals surface area (Å²) in [5, 5.41) is 16.4. The molecule has 1 aromatic heterocycles. The number of H-pyrrole nitrogens is 1. The van der Waals surface area contributed by atoms with Crippen LogP contribution in [0.1, 0.15) is 67.9 Å². The van der Waals surface area contributed by atoms with Crippen molar-refractivity contribution in [2.24, 2.45) is 11.3 Å². The van der Waals surface area contributed by atoms with Gasteiger partial charge in [-0.15, -0.1) is 5.10 Å². The highest BCUT2D eigenvalue weighted by atomic mass is 35.5. The largest absolute Gasteiger partial charge is 0.332 e. The molecule has 2 amide bonds. The maximum atomic E-state index is 13.5. The van der Waals surface area contributed by atoms with Crippen LogP contribution >= 0.6 is 11.6 Å². The van der Waals surface area contributed by atoms with Crippen molar-refractivity contribution in [3.8, 4) is 0 Å². The number of hydrogen-bond acceptors (Lipinski definition) is 5. The van der Waals surface area contributed by atoms with E-state index in [1.807, 2.05) is 47.4 Å². The van der Waals surface area contributed by atoms with E-state index in [-0.39, 0.29) is 29.2 Å². The van der Waals surface area contributed by atoms with Gasteiger partial charge in [-0.1, -0.05) is 61.7 Å². The minimum atomic E-state index is -0.328. The number of amides is 2. The van der Waals surface area contributed by atoms with Crippen molar-refractivity contribution in [1.82, 2.24) is 25.5 Å². The van der Waals surface area contributed by atoms with E-state index in [2.05, 4.69) is 46.7 Å². The molecule has 3 aromatic rings. The Balaban J connectivity index is 1.48. The molecule has 0 unspecified atom stereocenters. The second-order valence-corrected chi connectivity index (χ2v) is 11.0. The van der Waals surface area contributed by atoms with Crippen LogP contribution in [0.4, 0.5) is 5.95 Å². The van der Waals surface area contributed by atoms with Crippen molar-refractivity contribution in [3.05, 3.63) is 76.3 Å². The molecule has 2 N–H and O–H groups in total. The van der Waals surface area contributed by atoms with Gasteiger partial charge >= 0.3 is 0 Å². The van der Waals surface area contributed by atoms with E-state index in [0.29, 0.717) is 23.0 Å². The predicted molar refractivity (Wildman–Crippen MR) is 145 cm³/mol. The maximum Gasteiger partial charge on any atom is 0.270 e. The third-order valence-electron chi connectivity index (χ3n) is 7.05. The molecule has 0 spiro atoms. The first-order valence-electron chi connectivity index (χ1n) is 12.6. The quantitative estimate of drug-likeness (QED) is 0.386. The van der Waals surface area contributed by atoms with Crippen LogP contribution < -0.4 is 5.32 Å². The predicted octanol–water partition coefficient (Wildman–Crippen LogP) is 5.75. The van der Waals surface area contributed by atoms with Crippen LogP contribution in [0, 0.1) is 11.3 Å². The van der Waals surface area contributed by atoms with Crippen molar-refractivity contribution < 1.29 is 9.59 Å². The first kappa shape index (κ1) is 26.5. The van der Waals surface area contributed by atoms with Gasteiger partial charge in [0.25, 0.3) is 11.9 Å². The molecular weight excluding hydrogens is 488 g/mol. The van der Waals surface area contributed by atoms with Crippen molar-refractivity contribution in [1.29, 1.82) is 0 Å². The third-order valence-corrected chi connectivity index (χ3v) is 7.29. The number of benzene rings is 2. The number of nitrogens with one attached hydrogen (secondary N) is 2. The summed E-state index contributed by atoms with van der Waals surface area (Å²) >= 11 is 6.11. The molecule has 194 valence electrons. The molecule has 0 saturated heterocycles. The molecule has 0 bridgehead atoms. The van der Waals surface area contributed by atoms with E-state index in [1.165, 1.54) is 0 Å². The lowest BCUT2D eigenvalue weighted by Gasteiger charge is -2.41. The van der Waals surface area contributed by atoms with Crippen molar-refractivity contribution >= 4 is 35.4 Å². The first-order valence-corrected chi connectivity index (χ1v) is 12.9. The molecule has 0 radical (unpaired) electrons. The van der Waals surface area contributed by atoms with Crippen molar-refractivity contribution in [3.63, 3.8) is 0 Å². The normalized spacial score (nSPS) is 18.1. The molecule has 1 heterocycles. The summed E-state index contributed by atoms with van der Waals surface area (Å²) < 4.78 is 0. The van der Waals surface area contributed by atoms with Gasteiger partial charge in [-0.2, -0.15) is 5.21 Å². The van der Waals surface area contributed by atoms with Crippen LogP contribution in [0.3, 0.4) is 0 Å². The number of anilines is 1. The molecular formula is C28H33ClN6O2. The summed E-state index contributed by atoms with van der Waals surface area (Å²) in [5.41, 5.74) is 2.58. The Kier molecular flexibility index (Phi) is 8.38. The van der Waals surface area contributed by atoms with Gasteiger partial charge in [0.05, 0.1) is 0 Å². The Morgan fingerprint density at radius 3 is 2.46 bits per heavy atom. The van der Waals surface area contributed by atoms with Gasteiger partial charge in [0, 0.05) is 29.2 Å². The van der Waals surface area contributed by atoms with E-state index in [0.717, 1.165) is 36.8 Å². The van der Waals surface area contributed by atoms with E-state index in [9.17, 15) is 9.59 Å². The van der Waals surface area contributed by atoms with E-state index < -0.39 is 0 Å². The lowest BCUT2D eigenvalue weighted by Crippen LogP contribution is -2.42. The third kappa shape index (κ3) is 7.26. The SMILES string of the molecule is CC(C)(C)C1CCC(N(Cc2ccc(C(=O)Nc3nn[nH]n3)cc2)C(=O)/C=C/c2cccc(Cl)c2)CC1. The Hall–Kier alpha value is -3.52. The van der Waals surface area contributed by atoms with Crippen LogP contribution in [-0.2, 0) is 11.3 Å². The number of hydrogen-bond donors (Lipinski definition) is 2. The number of aromatic nitrogens is 4. The Bertz CT molecular complexity index is 1230. The number of carbonyl (C=O) groups excluding carboxylic acids is 2. The first-order chi connectivity index (χ1) is 17.7. The Labute approximate surface area is 222 Å². The highest BCUT2D eigenvalue weighted by Gasteiger charge is 2.33. The molecule has 0 atom stereocenters. The zero-order valence-electron chi connectivity index (χ0n) is 21.4. The molecule has 1 aliphatic carbocycles. The smallest absolute Gasteiger partial charge is 0.270 e. The molecule has 9 heteroatoms. The Morgan fingerprint density at radius 1 is 1.11 bits per heavy atom. The summed E-state index contributed by atoms with van der Waals surface area (Å²) in [5.74, 6) is 0.409. The second-order valence-electron chi connectivity index (χ2n) is 10.6. The van der Waals surface area contributed by atoms with E-state index in [4.69, 9.17) is 11.6 Å². The van der Waals surface area contributed by atoms with Crippen LogP contribution in [0.5, 0.6) is 0 Å². The van der Waals surface area contributed by atoms with Gasteiger partial charge in [0.2, 0.25) is 5.91 Å². The number of rotatable bonds is 7. The monoisotopic (exact) mass is 520 g/mol. The van der Waals surface area contributed by atoms with Gasteiger partial charge in [0.15, 0.2) is 0 Å². The van der Waals surface area contributed by atoms with Gasteiger partial charge in [0.1, 0.15) is 0 Å². The summed E-state index contributed by atoms with van der Waals surface area (Å²) in [4.78, 5) is 27.9. The zero-order chi connectivity index (χ0) is 26.4. The molecule has 0 aliphatic heterocycles. The van der Waals surface area contributed by atoms with Crippen molar-refractivity contribution in [2.75, 3.05) is 5.32 Å². The fourth-order valence-electron chi connectivity index (χ4n) is 4.86. The van der Waals surface area contributed by atoms with Gasteiger partial charge in [-0.25, -0.2) is 0 Å². The number of nitrogens with zero attached hydrogens (tertiary/aromatic N) is 4. The van der Waals surface area contributed by atoms with Gasteiger partial charge in [-0.3, -0.25) is 14.9 Å². The molecule has 2 aromatic carbocycles. The van der Waals surface area contributed by atoms with Crippen LogP contribution in [-0.4, -0.2) is 43.4 Å². The summed E-state index contributed by atoms with van der Waals surface area (Å²) in [7, 11) is 0. The molecule has 1 aliphatic rings. The summed E-state index contributed by atoms with van der Waals surface area (Å²) in [6, 6.07) is 14.9. The standard InChI is InChI=1S/C28H33ClN6O2/c1-28(2,3)22-12-14-24(15-13-22)35(25(36)16-9-19-5-4-6-23(29)17-19)18-20-7-10-21(11-8-20)26(37)30-27-31-33-34-32-27/h4-11,16-17,22,24H,12-15,18H2,1-3H3,(H2,30,31,32,33,34,37)/b16-9+. The lowest BCUT2D eigenvalue weighted by atomic mass is 9.71. The van der Waals surface area contributed by atoms with E-state index in [1.54, 1.807) is 18.2 Å². The Morgan fingerprint density at radius 2 is 1.84 bits per heavy atom. The van der Waals surface area contributed by atoms with Crippen LogP contribution in [0.25, 0.3) is 6.08 Å². The molecule has 4 rings (SSSR count). The lowest BCUT2D eigenvalue weighted by molar-refractivity contribution is -0.130. The van der Waals surface area contributed by atoms with Gasteiger partial charge in [-0.05, 0) is 83.7 Å². The molecule has 8 nitrogen and oxygen atoms in total. The number of carbonyl (C=O) groups is 2. The minimum absolute atomic E-state index is 0.0295. The molecule has 1 fully saturated rings. The highest BCUT2D eigenvalue weighted by Crippen LogP contribution is 2.39. The average molecular weight is 521 g/mol. The zero-order valence-corrected chi connectivity index (χ0v) is 22.2. The van der Waals surface area contributed by atoms with Crippen LogP contribution in [0.2, 0.25) is 5.02 Å². The number of tetrazole rings is 1. The van der Waals surface area contributed by atoms with Crippen LogP contribution in [0.15, 0.2) is 54.6 Å². The molecule has 37 heavy (non-hydrogen) atoms. The fraction of sp³-hybridized carbons (Fsp3) is 0.393. The maximum absolute atomic E-state index is 13.5. The number of halogens is 1. The summed E-state index contributed by atoms with van der Waals surface area (Å²) in [6.07, 6.45) is 7.60. The average Bonchev–Trinajstić information content (AvgIpc) is 3.39. The highest BCUT2D eigenvalue weighted by molar-refractivity contribution is 6.30. The topological polar surface area (TPSA) is 104 Å². The summed E-state index contributed by atoms with van der Waals surface area (Å²) in [6.45, 7) is 7.36. The fourth-order valence-corrected chi connectivity index (χ4v) is 5.06. The van der Waals surface area contributed by atoms with Gasteiger partial charge < -0.3 is 4.90 Å². The second kappa shape index (κ2) is 11.7. The van der Waals surface area contributed by atoms with E-state index >= 15 is 0 Å². The van der Waals surface area contributed by atoms with Crippen molar-refractivity contribution in [2.45, 2.75) is 59.0 Å².